The maximum Gasteiger partial charge on any atom is 0.292 e. The van der Waals surface area contributed by atoms with Crippen LogP contribution >= 0.6 is 0 Å². The average Bonchev–Trinajstić information content (AvgIpc) is 3.56. The molecule has 3 aromatic heterocycles. The molecule has 1 aromatic carbocycles. The first kappa shape index (κ1) is 25.3. The summed E-state index contributed by atoms with van der Waals surface area (Å²) in [6.07, 6.45) is 4.31. The zero-order valence-electron chi connectivity index (χ0n) is 21.4. The molecule has 0 aliphatic carbocycles. The number of hydrogen-bond donors (Lipinski definition) is 3. The first-order valence-electron chi connectivity index (χ1n) is 12.4. The molecule has 0 radical (unpaired) electrons. The van der Waals surface area contributed by atoms with Crippen LogP contribution in [-0.2, 0) is 16.8 Å². The fourth-order valence-electron chi connectivity index (χ4n) is 4.44. The Hall–Kier alpha value is -4.35. The first-order valence-corrected chi connectivity index (χ1v) is 12.4. The van der Waals surface area contributed by atoms with E-state index in [2.05, 4.69) is 36.0 Å². The van der Waals surface area contributed by atoms with Crippen LogP contribution in [0.3, 0.4) is 0 Å². The van der Waals surface area contributed by atoms with E-state index in [1.54, 1.807) is 29.3 Å². The molecule has 5 rings (SSSR count). The Morgan fingerprint density at radius 1 is 1.32 bits per heavy atom. The number of rotatable bonds is 7. The van der Waals surface area contributed by atoms with E-state index in [0.29, 0.717) is 35.0 Å². The number of hydrogen-bond acceptors (Lipinski definition) is 8. The van der Waals surface area contributed by atoms with Crippen LogP contribution in [0.2, 0.25) is 0 Å². The minimum atomic E-state index is -0.548. The largest absolute Gasteiger partial charge is 0.364 e. The lowest BCUT2D eigenvalue weighted by molar-refractivity contribution is -0.119. The number of benzene rings is 1. The van der Waals surface area contributed by atoms with Crippen molar-refractivity contribution in [2.24, 2.45) is 0 Å². The number of aromatic amines is 1. The lowest BCUT2D eigenvalue weighted by Gasteiger charge is -2.30. The molecule has 0 unspecified atom stereocenters. The zero-order chi connectivity index (χ0) is 26.9. The van der Waals surface area contributed by atoms with Gasteiger partial charge in [-0.3, -0.25) is 14.7 Å². The van der Waals surface area contributed by atoms with E-state index >= 15 is 4.39 Å². The summed E-state index contributed by atoms with van der Waals surface area (Å²) in [5, 5.41) is 17.8. The van der Waals surface area contributed by atoms with Crippen LogP contribution in [0.15, 0.2) is 35.0 Å². The Morgan fingerprint density at radius 3 is 2.89 bits per heavy atom. The van der Waals surface area contributed by atoms with Crippen molar-refractivity contribution < 1.29 is 18.5 Å². The standard InChI is InChI=1S/C26H29FN8O3/c1-26(2,3)25-31-23(34-38-25)24(37)29-12-16-7-6-15(11-19(16)27)18-8-9-28-21-20(18)22(33-32-21)30-17-5-4-10-35(13-17)14-36/h6-9,11,14,17H,4-5,10,12-13H2,1-3H3,(H,29,37)(H2,28,30,32,33)/t17-/m1/s1. The molecule has 0 bridgehead atoms. The molecule has 4 aromatic rings. The molecule has 1 aliphatic heterocycles. The van der Waals surface area contributed by atoms with Crippen molar-refractivity contribution >= 4 is 29.2 Å². The third kappa shape index (κ3) is 5.20. The van der Waals surface area contributed by atoms with Crippen LogP contribution in [0.1, 0.15) is 55.7 Å². The van der Waals surface area contributed by atoms with Gasteiger partial charge in [-0.15, -0.1) is 0 Å². The number of nitrogens with one attached hydrogen (secondary N) is 3. The SMILES string of the molecule is CC(C)(C)c1nc(C(=O)NCc2ccc(-c3ccnc4[nH]nc(N[C@@H]5CCCN(C=O)C5)c34)cc2F)no1. The number of nitrogens with zero attached hydrogens (tertiary/aromatic N) is 5. The molecule has 0 saturated carbocycles. The van der Waals surface area contributed by atoms with Gasteiger partial charge >= 0.3 is 0 Å². The monoisotopic (exact) mass is 520 g/mol. The fraction of sp³-hybridized carbons (Fsp3) is 0.385. The number of aromatic nitrogens is 5. The van der Waals surface area contributed by atoms with Gasteiger partial charge in [0.05, 0.1) is 5.39 Å². The number of carbonyl (C=O) groups excluding carboxylic acids is 2. The Labute approximate surface area is 218 Å². The van der Waals surface area contributed by atoms with Crippen LogP contribution in [0, 0.1) is 5.82 Å². The Balaban J connectivity index is 1.33. The molecule has 38 heavy (non-hydrogen) atoms. The molecule has 3 N–H and O–H groups in total. The number of pyridine rings is 1. The van der Waals surface area contributed by atoms with Crippen molar-refractivity contribution in [3.63, 3.8) is 0 Å². The van der Waals surface area contributed by atoms with Gasteiger partial charge in [-0.25, -0.2) is 9.37 Å². The van der Waals surface area contributed by atoms with Crippen LogP contribution in [-0.4, -0.2) is 61.7 Å². The summed E-state index contributed by atoms with van der Waals surface area (Å²) in [6.45, 7) is 6.99. The lowest BCUT2D eigenvalue weighted by atomic mass is 9.97. The highest BCUT2D eigenvalue weighted by atomic mass is 19.1. The van der Waals surface area contributed by atoms with Gasteiger partial charge in [0, 0.05) is 42.9 Å². The van der Waals surface area contributed by atoms with Gasteiger partial charge in [0.25, 0.3) is 11.7 Å². The summed E-state index contributed by atoms with van der Waals surface area (Å²) in [5.74, 6) is -0.163. The lowest BCUT2D eigenvalue weighted by Crippen LogP contribution is -2.41. The minimum Gasteiger partial charge on any atom is -0.364 e. The third-order valence-corrected chi connectivity index (χ3v) is 6.48. The van der Waals surface area contributed by atoms with Gasteiger partial charge in [-0.1, -0.05) is 38.1 Å². The smallest absolute Gasteiger partial charge is 0.292 e. The van der Waals surface area contributed by atoms with Crippen LogP contribution in [0.25, 0.3) is 22.2 Å². The number of anilines is 1. The van der Waals surface area contributed by atoms with Gasteiger partial charge in [0.2, 0.25) is 12.3 Å². The van der Waals surface area contributed by atoms with Crippen molar-refractivity contribution in [2.75, 3.05) is 18.4 Å². The summed E-state index contributed by atoms with van der Waals surface area (Å²) in [4.78, 5) is 33.9. The molecule has 2 amide bonds. The van der Waals surface area contributed by atoms with Gasteiger partial charge in [-0.2, -0.15) is 10.1 Å². The van der Waals surface area contributed by atoms with Gasteiger partial charge in [-0.05, 0) is 36.1 Å². The maximum absolute atomic E-state index is 15.1. The number of halogens is 1. The van der Waals surface area contributed by atoms with E-state index < -0.39 is 11.7 Å². The highest BCUT2D eigenvalue weighted by molar-refractivity contribution is 6.00. The second-order valence-electron chi connectivity index (χ2n) is 10.4. The Morgan fingerprint density at radius 2 is 2.16 bits per heavy atom. The second kappa shape index (κ2) is 10.2. The predicted octanol–water partition coefficient (Wildman–Crippen LogP) is 3.41. The van der Waals surface area contributed by atoms with E-state index in [-0.39, 0.29) is 23.8 Å². The van der Waals surface area contributed by atoms with Crippen LogP contribution < -0.4 is 10.6 Å². The van der Waals surface area contributed by atoms with Gasteiger partial charge in [0.15, 0.2) is 11.5 Å². The number of fused-ring (bicyclic) bond motifs is 1. The van der Waals surface area contributed by atoms with E-state index in [9.17, 15) is 9.59 Å². The second-order valence-corrected chi connectivity index (χ2v) is 10.4. The highest BCUT2D eigenvalue weighted by Gasteiger charge is 2.25. The van der Waals surface area contributed by atoms with Gasteiger partial charge in [0.1, 0.15) is 5.82 Å². The quantitative estimate of drug-likeness (QED) is 0.315. The molecule has 0 spiro atoms. The molecule has 12 heteroatoms. The maximum atomic E-state index is 15.1. The number of amides is 2. The summed E-state index contributed by atoms with van der Waals surface area (Å²) in [7, 11) is 0. The molecule has 11 nitrogen and oxygen atoms in total. The molecule has 1 atom stereocenters. The van der Waals surface area contributed by atoms with Crippen molar-refractivity contribution in [1.82, 2.24) is 35.5 Å². The molecule has 1 saturated heterocycles. The normalized spacial score (nSPS) is 16.0. The summed E-state index contributed by atoms with van der Waals surface area (Å²) >= 11 is 0. The third-order valence-electron chi connectivity index (χ3n) is 6.48. The van der Waals surface area contributed by atoms with Crippen LogP contribution in [0.4, 0.5) is 10.2 Å². The molecule has 1 aliphatic rings. The van der Waals surface area contributed by atoms with Crippen molar-refractivity contribution in [2.45, 2.75) is 51.6 Å². The summed E-state index contributed by atoms with van der Waals surface area (Å²) < 4.78 is 20.3. The molecule has 1 fully saturated rings. The fourth-order valence-corrected chi connectivity index (χ4v) is 4.44. The minimum absolute atomic E-state index is 0.0382. The zero-order valence-corrected chi connectivity index (χ0v) is 21.4. The number of likely N-dealkylation sites (tertiary alicyclic amines) is 1. The Kier molecular flexibility index (Phi) is 6.79. The van der Waals surface area contributed by atoms with E-state index in [1.165, 1.54) is 6.07 Å². The first-order chi connectivity index (χ1) is 18.2. The molecule has 4 heterocycles. The van der Waals surface area contributed by atoms with E-state index in [1.807, 2.05) is 20.8 Å². The van der Waals surface area contributed by atoms with E-state index in [4.69, 9.17) is 4.52 Å². The van der Waals surface area contributed by atoms with E-state index in [0.717, 1.165) is 36.7 Å². The van der Waals surface area contributed by atoms with Gasteiger partial charge < -0.3 is 20.1 Å². The van der Waals surface area contributed by atoms with Crippen molar-refractivity contribution in [1.29, 1.82) is 0 Å². The van der Waals surface area contributed by atoms with Crippen molar-refractivity contribution in [3.8, 4) is 11.1 Å². The summed E-state index contributed by atoms with van der Waals surface area (Å²) in [6, 6.07) is 6.70. The van der Waals surface area contributed by atoms with Crippen molar-refractivity contribution in [3.05, 3.63) is 53.6 Å². The molecular formula is C26H29FN8O3. The predicted molar refractivity (Wildman–Crippen MR) is 138 cm³/mol. The number of H-pyrrole nitrogens is 1. The average molecular weight is 521 g/mol. The summed E-state index contributed by atoms with van der Waals surface area (Å²) in [5.41, 5.74) is 1.89. The molecule has 198 valence electrons. The number of piperidine rings is 1. The topological polar surface area (TPSA) is 142 Å². The highest BCUT2D eigenvalue weighted by Crippen LogP contribution is 2.33. The molecular weight excluding hydrogens is 491 g/mol. The van der Waals surface area contributed by atoms with Crippen LogP contribution in [0.5, 0.6) is 0 Å². The number of carbonyl (C=O) groups is 2. The Bertz CT molecular complexity index is 1470.